The van der Waals surface area contributed by atoms with Crippen molar-refractivity contribution in [1.29, 1.82) is 0 Å². The van der Waals surface area contributed by atoms with Crippen LogP contribution >= 0.6 is 27.7 Å². The van der Waals surface area contributed by atoms with Gasteiger partial charge in [-0.15, -0.1) is 4.58 Å². The van der Waals surface area contributed by atoms with Gasteiger partial charge in [-0.3, -0.25) is 0 Å². The molecule has 1 heterocycles. The normalized spacial score (nSPS) is 20.8. The summed E-state index contributed by atoms with van der Waals surface area (Å²) in [6.45, 7) is -0.354. The number of methoxy groups -OCH3 is 1. The van der Waals surface area contributed by atoms with Crippen LogP contribution in [-0.4, -0.2) is 46.2 Å². The van der Waals surface area contributed by atoms with Crippen LogP contribution < -0.4 is 4.74 Å². The summed E-state index contributed by atoms with van der Waals surface area (Å²) in [7, 11) is 1.59. The predicted molar refractivity (Wildman–Crippen MR) is 101 cm³/mol. The largest absolute Gasteiger partial charge is 0.496 e. The van der Waals surface area contributed by atoms with Crippen LogP contribution in [0.3, 0.4) is 0 Å². The lowest BCUT2D eigenvalue weighted by molar-refractivity contribution is -0.436. The van der Waals surface area contributed by atoms with Crippen LogP contribution in [0.4, 0.5) is 0 Å². The summed E-state index contributed by atoms with van der Waals surface area (Å²) in [5.41, 5.74) is 1.53. The highest BCUT2D eigenvalue weighted by molar-refractivity contribution is 9.10. The summed E-state index contributed by atoms with van der Waals surface area (Å²) in [5.74, 6) is -0.639. The third-order valence-electron chi connectivity index (χ3n) is 3.74. The predicted octanol–water partition coefficient (Wildman–Crippen LogP) is 3.10. The molecule has 3 rings (SSSR count). The van der Waals surface area contributed by atoms with Gasteiger partial charge in [0.25, 0.3) is 0 Å². The number of allylic oxidation sites excluding steroid dienone is 3. The fourth-order valence-corrected chi connectivity index (χ4v) is 4.35. The molecule has 5 nitrogen and oxygen atoms in total. The standard InChI is InChI=1S/C18H14BrNO4S/c1-24-14-7-6-11(8-12(14)19)9-16-18(23)20(10-17(21)22)13-4-2-3-5-15(13)25-16/h2-9,15H,10H2,1H3/p+1/b16-9+. The fraction of sp³-hybridized carbons (Fsp3) is 0.167. The molecule has 0 saturated heterocycles. The van der Waals surface area contributed by atoms with E-state index in [4.69, 9.17) is 9.84 Å². The first kappa shape index (κ1) is 17.7. The van der Waals surface area contributed by atoms with Gasteiger partial charge in [0.1, 0.15) is 15.9 Å². The fourth-order valence-electron chi connectivity index (χ4n) is 2.61. The minimum atomic E-state index is -1.04. The third-order valence-corrected chi connectivity index (χ3v) is 5.56. The lowest BCUT2D eigenvalue weighted by Gasteiger charge is -2.20. The number of fused-ring (bicyclic) bond motifs is 1. The lowest BCUT2D eigenvalue weighted by atomic mass is 10.1. The van der Waals surface area contributed by atoms with E-state index in [-0.39, 0.29) is 17.7 Å². The highest BCUT2D eigenvalue weighted by atomic mass is 79.9. The van der Waals surface area contributed by atoms with Crippen molar-refractivity contribution in [2.75, 3.05) is 13.7 Å². The summed E-state index contributed by atoms with van der Waals surface area (Å²) >= 11 is 4.85. The molecule has 0 radical (unpaired) electrons. The average Bonchev–Trinajstić information content (AvgIpc) is 2.58. The Kier molecular flexibility index (Phi) is 5.24. The zero-order valence-corrected chi connectivity index (χ0v) is 15.7. The maximum absolute atomic E-state index is 12.8. The highest BCUT2D eigenvalue weighted by Crippen LogP contribution is 2.34. The molecule has 7 heteroatoms. The number of hydrogen-bond donors (Lipinski definition) is 1. The number of halogens is 1. The van der Waals surface area contributed by atoms with Gasteiger partial charge < -0.3 is 9.84 Å². The van der Waals surface area contributed by atoms with Crippen molar-refractivity contribution < 1.29 is 24.0 Å². The quantitative estimate of drug-likeness (QED) is 0.598. The molecule has 1 atom stereocenters. The van der Waals surface area contributed by atoms with Crippen molar-refractivity contribution in [1.82, 2.24) is 0 Å². The Labute approximate surface area is 157 Å². The van der Waals surface area contributed by atoms with Crippen LogP contribution in [0.1, 0.15) is 5.56 Å². The molecule has 1 unspecified atom stereocenters. The van der Waals surface area contributed by atoms with E-state index in [1.54, 1.807) is 19.3 Å². The van der Waals surface area contributed by atoms with Crippen LogP contribution in [-0.2, 0) is 9.59 Å². The van der Waals surface area contributed by atoms with Gasteiger partial charge in [0, 0.05) is 6.08 Å². The van der Waals surface area contributed by atoms with Crippen LogP contribution in [0.25, 0.3) is 6.08 Å². The van der Waals surface area contributed by atoms with Crippen molar-refractivity contribution in [2.24, 2.45) is 0 Å². The molecular weight excluding hydrogens is 406 g/mol. The Balaban J connectivity index is 2.01. The number of carbonyl (C=O) groups excluding carboxylic acids is 1. The number of rotatable bonds is 4. The monoisotopic (exact) mass is 420 g/mol. The molecule has 1 amide bonds. The maximum atomic E-state index is 12.8. The second-order valence-electron chi connectivity index (χ2n) is 5.39. The van der Waals surface area contributed by atoms with E-state index in [9.17, 15) is 9.59 Å². The summed E-state index contributed by atoms with van der Waals surface area (Å²) in [6.07, 6.45) is 9.23. The van der Waals surface area contributed by atoms with Gasteiger partial charge >= 0.3 is 11.9 Å². The number of aliphatic carboxylic acids is 1. The highest BCUT2D eigenvalue weighted by Gasteiger charge is 2.39. The van der Waals surface area contributed by atoms with Gasteiger partial charge in [-0.1, -0.05) is 36.1 Å². The van der Waals surface area contributed by atoms with Gasteiger partial charge in [-0.05, 0) is 39.7 Å². The summed E-state index contributed by atoms with van der Waals surface area (Å²) < 4.78 is 7.32. The van der Waals surface area contributed by atoms with Gasteiger partial charge in [0.2, 0.25) is 12.3 Å². The molecule has 1 aromatic rings. The molecular formula is C18H15BrNO4S+. The molecule has 1 N–H and O–H groups in total. The Morgan fingerprint density at radius 1 is 1.44 bits per heavy atom. The van der Waals surface area contributed by atoms with Crippen LogP contribution in [0.5, 0.6) is 5.75 Å². The Bertz CT molecular complexity index is 870. The van der Waals surface area contributed by atoms with E-state index in [1.165, 1.54) is 16.3 Å². The van der Waals surface area contributed by atoms with E-state index in [1.807, 2.05) is 36.4 Å². The summed E-state index contributed by atoms with van der Waals surface area (Å²) in [6, 6.07) is 5.52. The molecule has 0 saturated carbocycles. The molecule has 0 fully saturated rings. The molecule has 2 aliphatic rings. The molecule has 1 aliphatic carbocycles. The molecule has 0 aromatic heterocycles. The number of benzene rings is 1. The van der Waals surface area contributed by atoms with Gasteiger partial charge in [-0.2, -0.15) is 0 Å². The second kappa shape index (κ2) is 7.41. The minimum Gasteiger partial charge on any atom is -0.496 e. The van der Waals surface area contributed by atoms with E-state index in [2.05, 4.69) is 15.9 Å². The molecule has 25 heavy (non-hydrogen) atoms. The van der Waals surface area contributed by atoms with E-state index in [0.717, 1.165) is 10.0 Å². The SMILES string of the molecule is COc1ccc(/C=C2/SC3C=CC=CC3=[N+](CC(=O)O)C2=O)cc1Br. The Morgan fingerprint density at radius 2 is 2.24 bits per heavy atom. The van der Waals surface area contributed by atoms with E-state index in [0.29, 0.717) is 16.4 Å². The second-order valence-corrected chi connectivity index (χ2v) is 7.43. The van der Waals surface area contributed by atoms with Crippen LogP contribution in [0, 0.1) is 0 Å². The number of carboxylic acids is 1. The Hall–Kier alpha value is -2.12. The first-order chi connectivity index (χ1) is 12.0. The average molecular weight is 421 g/mol. The summed E-state index contributed by atoms with van der Waals surface area (Å²) in [5, 5.41) is 9.07. The Morgan fingerprint density at radius 3 is 2.92 bits per heavy atom. The number of amides is 1. The third kappa shape index (κ3) is 3.77. The number of hydrogen-bond acceptors (Lipinski definition) is 4. The van der Waals surface area contributed by atoms with Crippen LogP contribution in [0.2, 0.25) is 0 Å². The maximum Gasteiger partial charge on any atom is 0.426 e. The van der Waals surface area contributed by atoms with Crippen molar-refractivity contribution >= 4 is 51.4 Å². The first-order valence-electron chi connectivity index (χ1n) is 7.47. The zero-order valence-electron chi connectivity index (χ0n) is 13.3. The number of thioether (sulfide) groups is 1. The van der Waals surface area contributed by atoms with Gasteiger partial charge in [-0.25, -0.2) is 9.59 Å². The van der Waals surface area contributed by atoms with Crippen LogP contribution in [0.15, 0.2) is 51.9 Å². The van der Waals surface area contributed by atoms with E-state index < -0.39 is 5.97 Å². The van der Waals surface area contributed by atoms with Crippen molar-refractivity contribution in [3.8, 4) is 5.75 Å². The number of ether oxygens (including phenoxy) is 1. The molecule has 1 aromatic carbocycles. The smallest absolute Gasteiger partial charge is 0.426 e. The number of carboxylic acid groups (broad SMARTS) is 1. The van der Waals surface area contributed by atoms with E-state index >= 15 is 0 Å². The van der Waals surface area contributed by atoms with Gasteiger partial charge in [0.05, 0.1) is 11.6 Å². The molecule has 0 spiro atoms. The zero-order chi connectivity index (χ0) is 18.0. The van der Waals surface area contributed by atoms with Crippen molar-refractivity contribution in [2.45, 2.75) is 5.25 Å². The summed E-state index contributed by atoms with van der Waals surface area (Å²) in [4.78, 5) is 24.5. The number of nitrogens with zero attached hydrogens (tertiary/aromatic N) is 1. The van der Waals surface area contributed by atoms with Crippen molar-refractivity contribution in [3.05, 3.63) is 57.4 Å². The molecule has 1 aliphatic heterocycles. The van der Waals surface area contributed by atoms with Crippen molar-refractivity contribution in [3.63, 3.8) is 0 Å². The minimum absolute atomic E-state index is 0.0741. The molecule has 128 valence electrons. The molecule has 0 bridgehead atoms. The topological polar surface area (TPSA) is 66.6 Å². The first-order valence-corrected chi connectivity index (χ1v) is 9.14. The lowest BCUT2D eigenvalue weighted by Crippen LogP contribution is -2.40. The number of carbonyl (C=O) groups is 2. The van der Waals surface area contributed by atoms with Gasteiger partial charge in [0.15, 0.2) is 0 Å².